The van der Waals surface area contributed by atoms with Gasteiger partial charge in [0.1, 0.15) is 11.3 Å². The van der Waals surface area contributed by atoms with E-state index in [-0.39, 0.29) is 5.78 Å². The highest BCUT2D eigenvalue weighted by atomic mass is 16.5. The Morgan fingerprint density at radius 2 is 1.88 bits per heavy atom. The Bertz CT molecular complexity index is 955. The Morgan fingerprint density at radius 3 is 2.54 bits per heavy atom. The maximum absolute atomic E-state index is 12.4. The number of benzene rings is 1. The number of nitrogens with zero attached hydrogens (tertiary/aromatic N) is 2. The van der Waals surface area contributed by atoms with Crippen LogP contribution in [0.4, 0.5) is 0 Å². The minimum atomic E-state index is -0.391. The molecule has 0 radical (unpaired) electrons. The van der Waals surface area contributed by atoms with Gasteiger partial charge in [-0.05, 0) is 18.2 Å². The number of rotatable bonds is 5. The molecule has 6 heteroatoms. The minimum absolute atomic E-state index is 0.164. The molecular formula is C20H23N3O3. The summed E-state index contributed by atoms with van der Waals surface area (Å²) in [5, 5.41) is 0. The summed E-state index contributed by atoms with van der Waals surface area (Å²) in [6, 6.07) is 5.60. The summed E-state index contributed by atoms with van der Waals surface area (Å²) in [5.41, 5.74) is 3.43. The number of aromatic nitrogens is 3. The lowest BCUT2D eigenvalue weighted by molar-refractivity contribution is -0.125. The first-order valence-electron chi connectivity index (χ1n) is 8.42. The van der Waals surface area contributed by atoms with Gasteiger partial charge in [-0.1, -0.05) is 20.8 Å². The van der Waals surface area contributed by atoms with Crippen molar-refractivity contribution in [2.24, 2.45) is 5.41 Å². The molecule has 0 aliphatic rings. The van der Waals surface area contributed by atoms with Gasteiger partial charge < -0.3 is 14.5 Å². The van der Waals surface area contributed by atoms with E-state index in [9.17, 15) is 4.79 Å². The molecule has 3 rings (SSSR count). The summed E-state index contributed by atoms with van der Waals surface area (Å²) in [7, 11) is 3.20. The summed E-state index contributed by atoms with van der Waals surface area (Å²) < 4.78 is 10.6. The van der Waals surface area contributed by atoms with Gasteiger partial charge in [-0.2, -0.15) is 0 Å². The highest BCUT2D eigenvalue weighted by Gasteiger charge is 2.23. The van der Waals surface area contributed by atoms with E-state index in [4.69, 9.17) is 14.5 Å². The molecule has 0 amide bonds. The van der Waals surface area contributed by atoms with Crippen molar-refractivity contribution in [3.8, 4) is 22.8 Å². The van der Waals surface area contributed by atoms with Gasteiger partial charge in [0.05, 0.1) is 26.1 Å². The second kappa shape index (κ2) is 6.78. The number of fused-ring (bicyclic) bond motifs is 1. The maximum Gasteiger partial charge on any atom is 0.161 e. The van der Waals surface area contributed by atoms with Gasteiger partial charge >= 0.3 is 0 Å². The quantitative estimate of drug-likeness (QED) is 0.755. The van der Waals surface area contributed by atoms with Gasteiger partial charge in [0.25, 0.3) is 0 Å². The molecule has 1 aromatic carbocycles. The highest BCUT2D eigenvalue weighted by Crippen LogP contribution is 2.32. The molecular weight excluding hydrogens is 330 g/mol. The Balaban J connectivity index is 2.01. The number of H-pyrrole nitrogens is 1. The summed E-state index contributed by atoms with van der Waals surface area (Å²) in [5.74, 6) is 1.45. The van der Waals surface area contributed by atoms with Crippen LogP contribution in [-0.2, 0) is 11.2 Å². The number of carbonyl (C=O) groups is 1. The van der Waals surface area contributed by atoms with E-state index < -0.39 is 5.41 Å². The van der Waals surface area contributed by atoms with Crippen LogP contribution in [0.3, 0.4) is 0 Å². The van der Waals surface area contributed by atoms with Gasteiger partial charge in [0, 0.05) is 29.2 Å². The van der Waals surface area contributed by atoms with Crippen LogP contribution in [0.1, 0.15) is 26.3 Å². The number of Topliss-reactive ketones (excluding diaryl/α,β-unsaturated/α-hetero) is 1. The maximum atomic E-state index is 12.4. The third kappa shape index (κ3) is 3.40. The molecule has 136 valence electrons. The van der Waals surface area contributed by atoms with E-state index >= 15 is 0 Å². The van der Waals surface area contributed by atoms with Crippen molar-refractivity contribution in [3.05, 3.63) is 36.2 Å². The number of ketones is 1. The summed E-state index contributed by atoms with van der Waals surface area (Å²) in [6.07, 6.45) is 3.84. The van der Waals surface area contributed by atoms with E-state index in [1.165, 1.54) is 0 Å². The molecule has 0 atom stereocenters. The van der Waals surface area contributed by atoms with Crippen LogP contribution in [0, 0.1) is 5.41 Å². The number of carbonyl (C=O) groups excluding carboxylic acids is 1. The van der Waals surface area contributed by atoms with Crippen LogP contribution in [0.25, 0.3) is 22.4 Å². The van der Waals surface area contributed by atoms with E-state index in [1.807, 2.05) is 45.2 Å². The molecule has 0 aliphatic heterocycles. The third-order valence-electron chi connectivity index (χ3n) is 4.33. The molecule has 0 unspecified atom stereocenters. The zero-order valence-corrected chi connectivity index (χ0v) is 15.7. The van der Waals surface area contributed by atoms with E-state index in [0.29, 0.717) is 29.3 Å². The van der Waals surface area contributed by atoms with Gasteiger partial charge in [-0.25, -0.2) is 9.97 Å². The number of hydrogen-bond acceptors (Lipinski definition) is 5. The first-order valence-corrected chi connectivity index (χ1v) is 8.42. The minimum Gasteiger partial charge on any atom is -0.493 e. The standard InChI is InChI=1S/C20H23N3O3/c1-20(2,3)17(24)9-13-10-21-19-18(13)23-14(11-22-19)12-6-7-15(25-4)16(8-12)26-5/h6-8,10-11H,9H2,1-5H3,(H,21,22). The topological polar surface area (TPSA) is 77.1 Å². The van der Waals surface area contributed by atoms with E-state index in [0.717, 1.165) is 16.6 Å². The fourth-order valence-electron chi connectivity index (χ4n) is 2.65. The molecule has 0 saturated carbocycles. The third-order valence-corrected chi connectivity index (χ3v) is 4.33. The molecule has 2 heterocycles. The predicted molar refractivity (Wildman–Crippen MR) is 101 cm³/mol. The molecule has 1 N–H and O–H groups in total. The lowest BCUT2D eigenvalue weighted by Gasteiger charge is -2.15. The molecule has 0 spiro atoms. The van der Waals surface area contributed by atoms with Crippen molar-refractivity contribution in [2.75, 3.05) is 14.2 Å². The normalized spacial score (nSPS) is 11.6. The average molecular weight is 353 g/mol. The molecule has 0 fully saturated rings. The lowest BCUT2D eigenvalue weighted by Crippen LogP contribution is -2.22. The predicted octanol–water partition coefficient (Wildman–Crippen LogP) is 3.80. The lowest BCUT2D eigenvalue weighted by atomic mass is 9.87. The first-order chi connectivity index (χ1) is 12.3. The van der Waals surface area contributed by atoms with Crippen molar-refractivity contribution in [3.63, 3.8) is 0 Å². The number of methoxy groups -OCH3 is 2. The molecule has 0 bridgehead atoms. The fraction of sp³-hybridized carbons (Fsp3) is 0.350. The van der Waals surface area contributed by atoms with Crippen molar-refractivity contribution >= 4 is 16.9 Å². The van der Waals surface area contributed by atoms with E-state index in [1.54, 1.807) is 20.4 Å². The van der Waals surface area contributed by atoms with Crippen molar-refractivity contribution in [1.29, 1.82) is 0 Å². The van der Waals surface area contributed by atoms with Crippen LogP contribution < -0.4 is 9.47 Å². The number of ether oxygens (including phenoxy) is 2. The van der Waals surface area contributed by atoms with Crippen molar-refractivity contribution in [1.82, 2.24) is 15.0 Å². The Kier molecular flexibility index (Phi) is 4.68. The number of hydrogen-bond donors (Lipinski definition) is 1. The SMILES string of the molecule is COc1ccc(-c2cnc3[nH]cc(CC(=O)C(C)(C)C)c3n2)cc1OC. The van der Waals surface area contributed by atoms with Gasteiger partial charge in [-0.3, -0.25) is 4.79 Å². The van der Waals surface area contributed by atoms with Crippen LogP contribution in [0.5, 0.6) is 11.5 Å². The van der Waals surface area contributed by atoms with Crippen molar-refractivity contribution < 1.29 is 14.3 Å². The van der Waals surface area contributed by atoms with Crippen LogP contribution in [0.2, 0.25) is 0 Å². The van der Waals surface area contributed by atoms with Crippen LogP contribution in [-0.4, -0.2) is 35.0 Å². The van der Waals surface area contributed by atoms with Crippen molar-refractivity contribution in [2.45, 2.75) is 27.2 Å². The molecule has 0 saturated heterocycles. The number of nitrogens with one attached hydrogen (secondary N) is 1. The summed E-state index contributed by atoms with van der Waals surface area (Å²) >= 11 is 0. The van der Waals surface area contributed by atoms with Gasteiger partial charge in [-0.15, -0.1) is 0 Å². The Labute approximate surface area is 152 Å². The molecule has 2 aromatic heterocycles. The van der Waals surface area contributed by atoms with Crippen LogP contribution in [0.15, 0.2) is 30.6 Å². The zero-order valence-electron chi connectivity index (χ0n) is 15.7. The van der Waals surface area contributed by atoms with Crippen LogP contribution >= 0.6 is 0 Å². The second-order valence-electron chi connectivity index (χ2n) is 7.19. The molecule has 0 aliphatic carbocycles. The Hall–Kier alpha value is -2.89. The smallest absolute Gasteiger partial charge is 0.161 e. The zero-order chi connectivity index (χ0) is 18.9. The van der Waals surface area contributed by atoms with Gasteiger partial charge in [0.15, 0.2) is 17.1 Å². The number of aromatic amines is 1. The summed E-state index contributed by atoms with van der Waals surface area (Å²) in [6.45, 7) is 5.76. The second-order valence-corrected chi connectivity index (χ2v) is 7.19. The Morgan fingerprint density at radius 1 is 1.15 bits per heavy atom. The molecule has 3 aromatic rings. The highest BCUT2D eigenvalue weighted by molar-refractivity contribution is 5.90. The monoisotopic (exact) mass is 353 g/mol. The average Bonchev–Trinajstić information content (AvgIpc) is 3.02. The summed E-state index contributed by atoms with van der Waals surface area (Å²) in [4.78, 5) is 24.7. The van der Waals surface area contributed by atoms with Gasteiger partial charge in [0.2, 0.25) is 0 Å². The molecule has 6 nitrogen and oxygen atoms in total. The molecule has 26 heavy (non-hydrogen) atoms. The fourth-order valence-corrected chi connectivity index (χ4v) is 2.65. The van der Waals surface area contributed by atoms with E-state index in [2.05, 4.69) is 9.97 Å². The largest absolute Gasteiger partial charge is 0.493 e. The first kappa shape index (κ1) is 17.9.